The highest BCUT2D eigenvalue weighted by Gasteiger charge is 2.68. The van der Waals surface area contributed by atoms with E-state index in [0.29, 0.717) is 6.61 Å². The van der Waals surface area contributed by atoms with Gasteiger partial charge in [-0.25, -0.2) is 0 Å². The summed E-state index contributed by atoms with van der Waals surface area (Å²) in [6.45, 7) is 4.20. The van der Waals surface area contributed by atoms with Gasteiger partial charge in [0, 0.05) is 0 Å². The molecule has 120 valence electrons. The van der Waals surface area contributed by atoms with E-state index in [0.717, 1.165) is 18.4 Å². The predicted octanol–water partition coefficient (Wildman–Crippen LogP) is 1.97. The van der Waals surface area contributed by atoms with Gasteiger partial charge in [-0.1, -0.05) is 30.3 Å². The molecule has 1 unspecified atom stereocenters. The number of fused-ring (bicyclic) bond motifs is 1. The number of ether oxygens (including phenoxy) is 4. The quantitative estimate of drug-likeness (QED) is 0.925. The van der Waals surface area contributed by atoms with E-state index in [1.165, 1.54) is 0 Å². The standard InChI is InChI=1S/C17H22O5/c1-16(2)20-13-14(19-10-11-6-4-3-5-7-11)17(9-8-12(17)18)22-15(13)21-16/h3-7,12-15,18H,8-10H2,1-2H3/t12-,13-,14?,15-,17-/m0/s1. The molecule has 3 aliphatic rings. The van der Waals surface area contributed by atoms with Crippen molar-refractivity contribution >= 4 is 0 Å². The summed E-state index contributed by atoms with van der Waals surface area (Å²) in [6, 6.07) is 9.99. The lowest BCUT2D eigenvalue weighted by Crippen LogP contribution is -2.61. The zero-order chi connectivity index (χ0) is 15.4. The summed E-state index contributed by atoms with van der Waals surface area (Å²) in [5, 5.41) is 10.2. The molecule has 0 radical (unpaired) electrons. The van der Waals surface area contributed by atoms with Gasteiger partial charge in [0.25, 0.3) is 0 Å². The molecule has 0 bridgehead atoms. The molecule has 1 spiro atoms. The molecule has 0 aromatic heterocycles. The van der Waals surface area contributed by atoms with E-state index in [1.54, 1.807) is 0 Å². The minimum absolute atomic E-state index is 0.298. The number of aliphatic hydroxyl groups excluding tert-OH is 1. The normalized spacial score (nSPS) is 42.3. The Balaban J connectivity index is 1.53. The van der Waals surface area contributed by atoms with E-state index < -0.39 is 23.8 Å². The van der Waals surface area contributed by atoms with Crippen molar-refractivity contribution in [2.24, 2.45) is 0 Å². The highest BCUT2D eigenvalue weighted by Crippen LogP contribution is 2.52. The Morgan fingerprint density at radius 2 is 1.95 bits per heavy atom. The fourth-order valence-electron chi connectivity index (χ4n) is 3.64. The Hall–Kier alpha value is -0.980. The second-order valence-electron chi connectivity index (χ2n) is 6.81. The monoisotopic (exact) mass is 306 g/mol. The smallest absolute Gasteiger partial charge is 0.190 e. The van der Waals surface area contributed by atoms with E-state index >= 15 is 0 Å². The van der Waals surface area contributed by atoms with Crippen molar-refractivity contribution in [2.75, 3.05) is 0 Å². The Labute approximate surface area is 130 Å². The van der Waals surface area contributed by atoms with Gasteiger partial charge in [0.15, 0.2) is 12.1 Å². The molecule has 4 rings (SSSR count). The lowest BCUT2D eigenvalue weighted by Gasteiger charge is -2.47. The second kappa shape index (κ2) is 5.01. The zero-order valence-electron chi connectivity index (χ0n) is 12.9. The average Bonchev–Trinajstić information content (AvgIpc) is 2.95. The number of rotatable bonds is 3. The van der Waals surface area contributed by atoms with Crippen LogP contribution in [0.3, 0.4) is 0 Å². The molecule has 2 aliphatic heterocycles. The minimum atomic E-state index is -0.681. The molecule has 3 fully saturated rings. The summed E-state index contributed by atoms with van der Waals surface area (Å²) >= 11 is 0. The van der Waals surface area contributed by atoms with Crippen LogP contribution in [0.4, 0.5) is 0 Å². The molecule has 5 heteroatoms. The van der Waals surface area contributed by atoms with Gasteiger partial charge in [-0.2, -0.15) is 0 Å². The maximum atomic E-state index is 10.2. The zero-order valence-corrected chi connectivity index (χ0v) is 12.9. The van der Waals surface area contributed by atoms with Gasteiger partial charge >= 0.3 is 0 Å². The summed E-state index contributed by atoms with van der Waals surface area (Å²) in [5.74, 6) is -0.681. The molecule has 1 aliphatic carbocycles. The SMILES string of the molecule is CC1(C)O[C@H]2O[C@]3(CC[C@@H]3O)C(OCc3ccccc3)[C@@H]2O1. The van der Waals surface area contributed by atoms with Gasteiger partial charge in [0.1, 0.15) is 17.8 Å². The Kier molecular flexibility index (Phi) is 3.33. The van der Waals surface area contributed by atoms with Crippen molar-refractivity contribution in [1.29, 1.82) is 0 Å². The van der Waals surface area contributed by atoms with Crippen LogP contribution < -0.4 is 0 Å². The average molecular weight is 306 g/mol. The van der Waals surface area contributed by atoms with E-state index in [4.69, 9.17) is 18.9 Å². The molecule has 1 aromatic rings. The highest BCUT2D eigenvalue weighted by molar-refractivity contribution is 5.16. The topological polar surface area (TPSA) is 57.2 Å². The maximum absolute atomic E-state index is 10.2. The summed E-state index contributed by atoms with van der Waals surface area (Å²) in [7, 11) is 0. The van der Waals surface area contributed by atoms with Crippen LogP contribution in [-0.2, 0) is 25.6 Å². The second-order valence-corrected chi connectivity index (χ2v) is 6.81. The first-order valence-electron chi connectivity index (χ1n) is 7.87. The largest absolute Gasteiger partial charge is 0.390 e. The summed E-state index contributed by atoms with van der Waals surface area (Å²) in [6.07, 6.45) is -0.0984. The first-order valence-corrected chi connectivity index (χ1v) is 7.87. The van der Waals surface area contributed by atoms with E-state index in [1.807, 2.05) is 44.2 Å². The highest BCUT2D eigenvalue weighted by atomic mass is 16.8. The van der Waals surface area contributed by atoms with Crippen LogP contribution in [0.15, 0.2) is 30.3 Å². The number of aliphatic hydroxyl groups is 1. The molecule has 22 heavy (non-hydrogen) atoms. The van der Waals surface area contributed by atoms with Crippen LogP contribution in [0.5, 0.6) is 0 Å². The van der Waals surface area contributed by atoms with Gasteiger partial charge < -0.3 is 24.1 Å². The summed E-state index contributed by atoms with van der Waals surface area (Å²) in [4.78, 5) is 0. The lowest BCUT2D eigenvalue weighted by atomic mass is 9.73. The fourth-order valence-corrected chi connectivity index (χ4v) is 3.64. The van der Waals surface area contributed by atoms with Crippen LogP contribution in [0.25, 0.3) is 0 Å². The molecular weight excluding hydrogens is 284 g/mol. The Morgan fingerprint density at radius 1 is 1.18 bits per heavy atom. The predicted molar refractivity (Wildman–Crippen MR) is 77.9 cm³/mol. The Morgan fingerprint density at radius 3 is 2.59 bits per heavy atom. The van der Waals surface area contributed by atoms with Gasteiger partial charge in [-0.3, -0.25) is 0 Å². The minimum Gasteiger partial charge on any atom is -0.390 e. The molecule has 5 nitrogen and oxygen atoms in total. The van der Waals surface area contributed by atoms with Crippen LogP contribution in [-0.4, -0.2) is 41.1 Å². The van der Waals surface area contributed by atoms with E-state index in [2.05, 4.69) is 0 Å². The van der Waals surface area contributed by atoms with Crippen molar-refractivity contribution in [2.45, 2.75) is 69.3 Å². The maximum Gasteiger partial charge on any atom is 0.190 e. The molecule has 1 aromatic carbocycles. The number of hydrogen-bond donors (Lipinski definition) is 1. The van der Waals surface area contributed by atoms with Gasteiger partial charge in [-0.15, -0.1) is 0 Å². The molecule has 2 saturated heterocycles. The van der Waals surface area contributed by atoms with Gasteiger partial charge in [0.05, 0.1) is 12.7 Å². The van der Waals surface area contributed by atoms with Gasteiger partial charge in [-0.05, 0) is 32.3 Å². The van der Waals surface area contributed by atoms with Gasteiger partial charge in [0.2, 0.25) is 0 Å². The van der Waals surface area contributed by atoms with Crippen LogP contribution >= 0.6 is 0 Å². The first-order chi connectivity index (χ1) is 10.5. The molecule has 1 saturated carbocycles. The molecule has 1 N–H and O–H groups in total. The summed E-state index contributed by atoms with van der Waals surface area (Å²) in [5.41, 5.74) is 0.411. The lowest BCUT2D eigenvalue weighted by molar-refractivity contribution is -0.287. The van der Waals surface area contributed by atoms with Crippen LogP contribution in [0, 0.1) is 0 Å². The third kappa shape index (κ3) is 2.20. The molecule has 2 heterocycles. The number of benzene rings is 1. The molecule has 5 atom stereocenters. The summed E-state index contributed by atoms with van der Waals surface area (Å²) < 4.78 is 23.9. The molecule has 0 amide bonds. The van der Waals surface area contributed by atoms with Crippen molar-refractivity contribution in [3.63, 3.8) is 0 Å². The van der Waals surface area contributed by atoms with E-state index in [9.17, 15) is 5.11 Å². The Bertz CT molecular complexity index is 545. The van der Waals surface area contributed by atoms with Crippen molar-refractivity contribution in [1.82, 2.24) is 0 Å². The first kappa shape index (κ1) is 14.6. The molecular formula is C17H22O5. The van der Waals surface area contributed by atoms with Crippen LogP contribution in [0.2, 0.25) is 0 Å². The van der Waals surface area contributed by atoms with Crippen molar-refractivity contribution in [3.05, 3.63) is 35.9 Å². The third-order valence-corrected chi connectivity index (χ3v) is 4.85. The van der Waals surface area contributed by atoms with Crippen LogP contribution in [0.1, 0.15) is 32.3 Å². The fraction of sp³-hybridized carbons (Fsp3) is 0.647. The van der Waals surface area contributed by atoms with Crippen molar-refractivity contribution in [3.8, 4) is 0 Å². The van der Waals surface area contributed by atoms with Crippen molar-refractivity contribution < 1.29 is 24.1 Å². The third-order valence-electron chi connectivity index (χ3n) is 4.85. The number of hydrogen-bond acceptors (Lipinski definition) is 5. The van der Waals surface area contributed by atoms with E-state index in [-0.39, 0.29) is 12.2 Å².